The van der Waals surface area contributed by atoms with Gasteiger partial charge in [0.25, 0.3) is 0 Å². The van der Waals surface area contributed by atoms with Gasteiger partial charge in [-0.05, 0) is 48.5 Å². The summed E-state index contributed by atoms with van der Waals surface area (Å²) in [5, 5.41) is 0. The molecule has 0 saturated carbocycles. The molecule has 218 valence electrons. The molecule has 13 nitrogen and oxygen atoms in total. The van der Waals surface area contributed by atoms with Crippen molar-refractivity contribution < 1.29 is 61.9 Å². The third kappa shape index (κ3) is 11.3. The number of Topliss-reactive ketones (excluding diaryl/α,β-unsaturated/α-hetero) is 3. The van der Waals surface area contributed by atoms with Gasteiger partial charge < -0.3 is 33.2 Å². The lowest BCUT2D eigenvalue weighted by Crippen LogP contribution is -2.49. The lowest BCUT2D eigenvalue weighted by Gasteiger charge is -2.40. The first kappa shape index (κ1) is 35.3. The number of ether oxygens (including phenoxy) is 7. The number of carbonyl (C=O) groups is 6. The zero-order valence-corrected chi connectivity index (χ0v) is 23.8. The molecule has 0 aromatic rings. The zero-order chi connectivity index (χ0) is 29.9. The molecule has 0 atom stereocenters. The second kappa shape index (κ2) is 14.4. The van der Waals surface area contributed by atoms with Crippen molar-refractivity contribution in [1.29, 1.82) is 0 Å². The van der Waals surface area contributed by atoms with Crippen LogP contribution in [0, 0.1) is 10.8 Å². The average molecular weight is 549 g/mol. The van der Waals surface area contributed by atoms with Gasteiger partial charge in [0, 0.05) is 0 Å². The van der Waals surface area contributed by atoms with Crippen LogP contribution in [0.15, 0.2) is 0 Å². The molecule has 13 heteroatoms. The second-order valence-electron chi connectivity index (χ2n) is 10.1. The highest BCUT2D eigenvalue weighted by Crippen LogP contribution is 2.31. The lowest BCUT2D eigenvalue weighted by molar-refractivity contribution is -0.277. The van der Waals surface area contributed by atoms with Gasteiger partial charge in [-0.2, -0.15) is 0 Å². The van der Waals surface area contributed by atoms with Crippen LogP contribution in [-0.2, 0) is 61.9 Å². The largest absolute Gasteiger partial charge is 0.463 e. The molecular weight excluding hydrogens is 508 g/mol. The van der Waals surface area contributed by atoms with Crippen LogP contribution < -0.4 is 0 Å². The molecule has 2 aliphatic heterocycles. The fourth-order valence-corrected chi connectivity index (χ4v) is 2.58. The molecule has 2 aliphatic rings. The van der Waals surface area contributed by atoms with E-state index in [2.05, 4.69) is 14.2 Å². The van der Waals surface area contributed by atoms with Gasteiger partial charge in [0.1, 0.15) is 5.78 Å². The van der Waals surface area contributed by atoms with E-state index < -0.39 is 52.5 Å². The number of ketones is 3. The van der Waals surface area contributed by atoms with Crippen molar-refractivity contribution >= 4 is 35.3 Å². The molecule has 0 aliphatic carbocycles. The van der Waals surface area contributed by atoms with E-state index in [-0.39, 0.29) is 24.8 Å². The van der Waals surface area contributed by atoms with Crippen molar-refractivity contribution in [3.05, 3.63) is 0 Å². The summed E-state index contributed by atoms with van der Waals surface area (Å²) < 4.78 is 33.8. The molecule has 2 heterocycles. The molecule has 0 aromatic carbocycles. The predicted molar refractivity (Wildman–Crippen MR) is 130 cm³/mol. The van der Waals surface area contributed by atoms with E-state index in [4.69, 9.17) is 18.9 Å². The fourth-order valence-electron chi connectivity index (χ4n) is 2.58. The predicted octanol–water partition coefficient (Wildman–Crippen LogP) is 1.17. The van der Waals surface area contributed by atoms with Gasteiger partial charge in [-0.15, -0.1) is 0 Å². The van der Waals surface area contributed by atoms with E-state index in [1.54, 1.807) is 27.7 Å². The minimum Gasteiger partial charge on any atom is -0.463 e. The van der Waals surface area contributed by atoms with Crippen molar-refractivity contribution in [1.82, 2.24) is 0 Å². The minimum absolute atomic E-state index is 0.123. The maximum atomic E-state index is 12.0. The Morgan fingerprint density at radius 1 is 0.579 bits per heavy atom. The fraction of sp³-hybridized carbons (Fsp3) is 0.760. The van der Waals surface area contributed by atoms with Crippen LogP contribution in [-0.4, -0.2) is 94.6 Å². The maximum absolute atomic E-state index is 12.0. The van der Waals surface area contributed by atoms with Crippen molar-refractivity contribution in [2.75, 3.05) is 47.8 Å². The Balaban J connectivity index is 0.000000590. The van der Waals surface area contributed by atoms with Gasteiger partial charge in [-0.3, -0.25) is 14.4 Å². The van der Waals surface area contributed by atoms with Crippen molar-refractivity contribution in [2.45, 2.75) is 66.5 Å². The summed E-state index contributed by atoms with van der Waals surface area (Å²) >= 11 is 0. The van der Waals surface area contributed by atoms with E-state index >= 15 is 0 Å². The van der Waals surface area contributed by atoms with Gasteiger partial charge in [-0.1, -0.05) is 0 Å². The quantitative estimate of drug-likeness (QED) is 0.208. The third-order valence-corrected chi connectivity index (χ3v) is 5.75. The minimum atomic E-state index is -1.01. The SMILES string of the molecule is CC(=O)C1(C)COC(C)(C)OC1.COC(=O)C(=O)CC(=O)C1(C)COC(C)(C)OC1.COC(=O)C(=O)OC. The molecular formula is C25H40O13. The van der Waals surface area contributed by atoms with Crippen molar-refractivity contribution in [3.63, 3.8) is 0 Å². The number of esters is 3. The van der Waals surface area contributed by atoms with Crippen LogP contribution in [0.5, 0.6) is 0 Å². The van der Waals surface area contributed by atoms with Crippen molar-refractivity contribution in [3.8, 4) is 0 Å². The number of methoxy groups -OCH3 is 3. The molecule has 38 heavy (non-hydrogen) atoms. The summed E-state index contributed by atoms with van der Waals surface area (Å²) in [5.74, 6) is -5.34. The van der Waals surface area contributed by atoms with Gasteiger partial charge in [-0.25, -0.2) is 14.4 Å². The molecule has 0 amide bonds. The van der Waals surface area contributed by atoms with Gasteiger partial charge in [0.15, 0.2) is 17.4 Å². The van der Waals surface area contributed by atoms with E-state index in [1.165, 1.54) is 0 Å². The number of rotatable bonds is 5. The number of hydrogen-bond acceptors (Lipinski definition) is 13. The molecule has 0 unspecified atom stereocenters. The Kier molecular flexibility index (Phi) is 13.4. The maximum Gasteiger partial charge on any atom is 0.417 e. The molecule has 2 fully saturated rings. The summed E-state index contributed by atoms with van der Waals surface area (Å²) in [6.07, 6.45) is -0.490. The van der Waals surface area contributed by atoms with E-state index in [0.29, 0.717) is 13.2 Å². The molecule has 0 N–H and O–H groups in total. The highest BCUT2D eigenvalue weighted by atomic mass is 16.7. The summed E-state index contributed by atoms with van der Waals surface area (Å²) in [6.45, 7) is 13.5. The first-order chi connectivity index (χ1) is 17.3. The van der Waals surface area contributed by atoms with E-state index in [9.17, 15) is 28.8 Å². The zero-order valence-electron chi connectivity index (χ0n) is 23.8. The highest BCUT2D eigenvalue weighted by molar-refractivity contribution is 6.37. The van der Waals surface area contributed by atoms with Crippen LogP contribution >= 0.6 is 0 Å². The summed E-state index contributed by atoms with van der Waals surface area (Å²) in [4.78, 5) is 65.5. The molecule has 0 aromatic heterocycles. The van der Waals surface area contributed by atoms with E-state index in [1.807, 2.05) is 20.8 Å². The van der Waals surface area contributed by atoms with Crippen molar-refractivity contribution in [2.24, 2.45) is 10.8 Å². The normalized spacial score (nSPS) is 20.1. The third-order valence-electron chi connectivity index (χ3n) is 5.75. The van der Waals surface area contributed by atoms with Gasteiger partial charge in [0.2, 0.25) is 5.78 Å². The molecule has 0 radical (unpaired) electrons. The highest BCUT2D eigenvalue weighted by Gasteiger charge is 2.43. The van der Waals surface area contributed by atoms with E-state index in [0.717, 1.165) is 21.3 Å². The van der Waals surface area contributed by atoms with Crippen LogP contribution in [0.4, 0.5) is 0 Å². The van der Waals surface area contributed by atoms with Gasteiger partial charge in [0.05, 0.1) is 65.0 Å². The first-order valence-electron chi connectivity index (χ1n) is 11.7. The molecule has 0 bridgehead atoms. The van der Waals surface area contributed by atoms with Gasteiger partial charge >= 0.3 is 17.9 Å². The standard InChI is InChI=1S/C12H18O6.C9H16O3.C4H6O4/c1-11(2)17-6-12(3,7-18-11)9(14)5-8(13)10(15)16-4;1-7(10)9(4)5-11-8(2,3)12-6-9;1-7-3(5)4(6)8-2/h5-7H2,1-4H3;5-6H2,1-4H3;1-2H3. The van der Waals surface area contributed by atoms with Crippen LogP contribution in [0.2, 0.25) is 0 Å². The van der Waals surface area contributed by atoms with Crippen LogP contribution in [0.25, 0.3) is 0 Å². The Bertz CT molecular complexity index is 854. The first-order valence-corrected chi connectivity index (χ1v) is 11.7. The average Bonchev–Trinajstić information content (AvgIpc) is 2.86. The Morgan fingerprint density at radius 3 is 1.18 bits per heavy atom. The second-order valence-corrected chi connectivity index (χ2v) is 10.1. The van der Waals surface area contributed by atoms with Crippen LogP contribution in [0.3, 0.4) is 0 Å². The van der Waals surface area contributed by atoms with Crippen LogP contribution in [0.1, 0.15) is 54.9 Å². The Hall–Kier alpha value is -2.74. The molecule has 0 spiro atoms. The summed E-state index contributed by atoms with van der Waals surface area (Å²) in [6, 6.07) is 0. The Morgan fingerprint density at radius 2 is 0.895 bits per heavy atom. The summed E-state index contributed by atoms with van der Waals surface area (Å²) in [7, 11) is 3.32. The lowest BCUT2D eigenvalue weighted by atomic mass is 9.84. The molecule has 2 rings (SSSR count). The molecule has 2 saturated heterocycles. The summed E-state index contributed by atoms with van der Waals surface area (Å²) in [5.41, 5.74) is -1.35. The smallest absolute Gasteiger partial charge is 0.417 e. The number of hydrogen-bond donors (Lipinski definition) is 0. The number of carbonyl (C=O) groups excluding carboxylic acids is 6. The topological polar surface area (TPSA) is 167 Å². The monoisotopic (exact) mass is 548 g/mol. The Labute approximate surface area is 222 Å².